The van der Waals surface area contributed by atoms with Crippen molar-refractivity contribution in [3.8, 4) is 0 Å². The van der Waals surface area contributed by atoms with Crippen molar-refractivity contribution in [2.75, 3.05) is 24.7 Å². The molecule has 1 saturated heterocycles. The maximum absolute atomic E-state index is 13.2. The van der Waals surface area contributed by atoms with E-state index in [9.17, 15) is 22.8 Å². The van der Waals surface area contributed by atoms with E-state index in [-0.39, 0.29) is 43.4 Å². The minimum atomic E-state index is -4.45. The Morgan fingerprint density at radius 1 is 1.19 bits per heavy atom. The van der Waals surface area contributed by atoms with Gasteiger partial charge in [0.2, 0.25) is 0 Å². The van der Waals surface area contributed by atoms with Gasteiger partial charge < -0.3 is 15.0 Å². The third kappa shape index (κ3) is 4.57. The molecule has 1 aromatic heterocycles. The smallest absolute Gasteiger partial charge is 0.381 e. The number of ether oxygens (including phenoxy) is 1. The molecule has 0 bridgehead atoms. The van der Waals surface area contributed by atoms with Crippen LogP contribution < -0.4 is 10.2 Å². The molecular weight excluding hydrogens is 433 g/mol. The summed E-state index contributed by atoms with van der Waals surface area (Å²) in [7, 11) is 0. The van der Waals surface area contributed by atoms with Gasteiger partial charge in [-0.3, -0.25) is 14.3 Å². The topological polar surface area (TPSA) is 76.5 Å². The van der Waals surface area contributed by atoms with Crippen molar-refractivity contribution < 1.29 is 27.5 Å². The van der Waals surface area contributed by atoms with E-state index in [2.05, 4.69) is 10.4 Å². The third-order valence-electron chi connectivity index (χ3n) is 5.41. The van der Waals surface area contributed by atoms with Crippen LogP contribution in [0.25, 0.3) is 0 Å². The first-order chi connectivity index (χ1) is 14.3. The van der Waals surface area contributed by atoms with Crippen molar-refractivity contribution >= 4 is 31.0 Å². The van der Waals surface area contributed by atoms with Crippen LogP contribution in [0.1, 0.15) is 52.2 Å². The van der Waals surface area contributed by atoms with Gasteiger partial charge in [-0.05, 0) is 44.0 Å². The lowest BCUT2D eigenvalue weighted by molar-refractivity contribution is -0.137. The van der Waals surface area contributed by atoms with E-state index in [0.29, 0.717) is 31.7 Å². The number of hydrogen-bond acceptors (Lipinski definition) is 4. The number of hydrogen-bond donors (Lipinski definition) is 1. The molecule has 1 atom stereocenters. The summed E-state index contributed by atoms with van der Waals surface area (Å²) in [6.45, 7) is 3.20. The number of nitrogens with one attached hydrogen (secondary N) is 1. The Morgan fingerprint density at radius 3 is 2.45 bits per heavy atom. The summed E-state index contributed by atoms with van der Waals surface area (Å²) in [5.74, 6) is -0.861. The number of amides is 2. The molecule has 2 aliphatic heterocycles. The van der Waals surface area contributed by atoms with Gasteiger partial charge in [-0.15, -0.1) is 0 Å². The zero-order chi connectivity index (χ0) is 21.5. The number of carbonyl (C=O) groups excluding carboxylic acids is 2. The van der Waals surface area contributed by atoms with E-state index >= 15 is 0 Å². The third-order valence-corrected chi connectivity index (χ3v) is 5.41. The summed E-state index contributed by atoms with van der Waals surface area (Å²) >= 11 is 0. The van der Waals surface area contributed by atoms with Crippen LogP contribution in [-0.2, 0) is 10.9 Å². The Hall–Kier alpha value is -2.53. The van der Waals surface area contributed by atoms with E-state index < -0.39 is 23.6 Å². The number of anilines is 1. The second kappa shape index (κ2) is 8.91. The Labute approximate surface area is 184 Å². The molecule has 0 spiro atoms. The second-order valence-electron chi connectivity index (χ2n) is 7.52. The Balaban J connectivity index is 0.00000272. The van der Waals surface area contributed by atoms with E-state index in [1.165, 1.54) is 27.9 Å². The van der Waals surface area contributed by atoms with Gasteiger partial charge in [0.15, 0.2) is 0 Å². The van der Waals surface area contributed by atoms with Crippen LogP contribution in [0.15, 0.2) is 30.5 Å². The summed E-state index contributed by atoms with van der Waals surface area (Å²) in [6, 6.07) is 4.13. The molecule has 1 aromatic carbocycles. The fourth-order valence-electron chi connectivity index (χ4n) is 3.79. The number of alkyl halides is 3. The predicted molar refractivity (Wildman–Crippen MR) is 112 cm³/mol. The van der Waals surface area contributed by atoms with Crippen molar-refractivity contribution in [1.29, 1.82) is 0 Å². The molecule has 11 heteroatoms. The largest absolute Gasteiger partial charge is 0.416 e. The minimum Gasteiger partial charge on any atom is -0.381 e. The number of rotatable bonds is 3. The van der Waals surface area contributed by atoms with Crippen LogP contribution in [-0.4, -0.2) is 47.4 Å². The molecule has 0 unspecified atom stereocenters. The van der Waals surface area contributed by atoms with E-state index in [0.717, 1.165) is 12.1 Å². The molecule has 168 valence electrons. The zero-order valence-electron chi connectivity index (χ0n) is 16.8. The van der Waals surface area contributed by atoms with Crippen molar-refractivity contribution in [2.24, 2.45) is 0 Å². The van der Waals surface area contributed by atoms with E-state index in [4.69, 9.17) is 4.74 Å². The summed E-state index contributed by atoms with van der Waals surface area (Å²) < 4.78 is 45.3. The Kier molecular flexibility index (Phi) is 6.65. The first-order valence-corrected chi connectivity index (χ1v) is 9.71. The fraction of sp³-hybridized carbons (Fsp3) is 0.450. The lowest BCUT2D eigenvalue weighted by atomic mass is 10.1. The van der Waals surface area contributed by atoms with Gasteiger partial charge in [0.05, 0.1) is 23.4 Å². The van der Waals surface area contributed by atoms with E-state index in [1.807, 2.05) is 6.92 Å². The van der Waals surface area contributed by atoms with Crippen LogP contribution in [0.5, 0.6) is 0 Å². The first-order valence-electron chi connectivity index (χ1n) is 9.71. The minimum absolute atomic E-state index is 0. The molecule has 2 aliphatic rings. The molecule has 1 fully saturated rings. The lowest BCUT2D eigenvalue weighted by Crippen LogP contribution is -2.44. The maximum atomic E-state index is 13.2. The molecule has 4 rings (SSSR count). The molecule has 31 heavy (non-hydrogen) atoms. The Morgan fingerprint density at radius 2 is 1.84 bits per heavy atom. The van der Waals surface area contributed by atoms with Gasteiger partial charge in [0, 0.05) is 31.5 Å². The average molecular weight is 456 g/mol. The quantitative estimate of drug-likeness (QED) is 0.770. The normalized spacial score (nSPS) is 19.5. The van der Waals surface area contributed by atoms with Gasteiger partial charge in [0.1, 0.15) is 5.69 Å². The summed E-state index contributed by atoms with van der Waals surface area (Å²) in [6.07, 6.45) is -1.70. The van der Waals surface area contributed by atoms with Crippen molar-refractivity contribution in [3.05, 3.63) is 47.3 Å². The standard InChI is InChI=1S/C20H21F3N4O3.H2S/c1-12-11-26(15-4-2-13(3-5-15)20(21,22)23)19(29)17-16(10-24-27(12)17)18(28)25-14-6-8-30-9-7-14;/h2-5,10,12,14H,6-9,11H2,1H3,(H,25,28);1H2/t12-;/m0./s1. The van der Waals surface area contributed by atoms with Crippen LogP contribution >= 0.6 is 13.5 Å². The van der Waals surface area contributed by atoms with Crippen molar-refractivity contribution in [3.63, 3.8) is 0 Å². The maximum Gasteiger partial charge on any atom is 0.416 e. The molecule has 7 nitrogen and oxygen atoms in total. The number of fused-ring (bicyclic) bond motifs is 1. The summed E-state index contributed by atoms with van der Waals surface area (Å²) in [4.78, 5) is 27.3. The number of benzene rings is 1. The summed E-state index contributed by atoms with van der Waals surface area (Å²) in [5, 5.41) is 7.13. The van der Waals surface area contributed by atoms with Crippen molar-refractivity contribution in [2.45, 2.75) is 38.0 Å². The van der Waals surface area contributed by atoms with Crippen molar-refractivity contribution in [1.82, 2.24) is 15.1 Å². The van der Waals surface area contributed by atoms with Gasteiger partial charge in [0.25, 0.3) is 11.8 Å². The van der Waals surface area contributed by atoms with Gasteiger partial charge in [-0.25, -0.2) is 0 Å². The van der Waals surface area contributed by atoms with Crippen LogP contribution in [0.3, 0.4) is 0 Å². The number of halogens is 3. The van der Waals surface area contributed by atoms with Gasteiger partial charge in [-0.2, -0.15) is 31.8 Å². The SMILES string of the molecule is C[C@H]1CN(c2ccc(C(F)(F)F)cc2)C(=O)c2c(C(=O)NC3CCOCC3)cnn21.S. The molecule has 0 saturated carbocycles. The highest BCUT2D eigenvalue weighted by Crippen LogP contribution is 2.32. The highest BCUT2D eigenvalue weighted by atomic mass is 32.1. The van der Waals surface area contributed by atoms with E-state index in [1.54, 1.807) is 0 Å². The van der Waals surface area contributed by atoms with Gasteiger partial charge >= 0.3 is 6.18 Å². The molecule has 0 radical (unpaired) electrons. The Bertz CT molecular complexity index is 956. The molecule has 2 aromatic rings. The lowest BCUT2D eigenvalue weighted by Gasteiger charge is -2.32. The monoisotopic (exact) mass is 456 g/mol. The highest BCUT2D eigenvalue weighted by Gasteiger charge is 2.36. The van der Waals surface area contributed by atoms with Gasteiger partial charge in [-0.1, -0.05) is 0 Å². The molecule has 1 N–H and O–H groups in total. The second-order valence-corrected chi connectivity index (χ2v) is 7.52. The average Bonchev–Trinajstić information content (AvgIpc) is 3.17. The zero-order valence-corrected chi connectivity index (χ0v) is 17.8. The van der Waals surface area contributed by atoms with Crippen LogP contribution in [0, 0.1) is 0 Å². The molecular formula is C20H23F3N4O3S. The van der Waals surface area contributed by atoms with Crippen LogP contribution in [0.2, 0.25) is 0 Å². The first kappa shape index (κ1) is 23.1. The van der Waals surface area contributed by atoms with Crippen LogP contribution in [0.4, 0.5) is 18.9 Å². The number of aromatic nitrogens is 2. The molecule has 0 aliphatic carbocycles. The summed E-state index contributed by atoms with van der Waals surface area (Å²) in [5.41, 5.74) is -0.151. The highest BCUT2D eigenvalue weighted by molar-refractivity contribution is 7.59. The number of carbonyl (C=O) groups is 2. The predicted octanol–water partition coefficient (Wildman–Crippen LogP) is 3.14. The number of nitrogens with zero attached hydrogens (tertiary/aromatic N) is 3. The molecule has 3 heterocycles. The molecule has 2 amide bonds. The fourth-order valence-corrected chi connectivity index (χ4v) is 3.79.